The molecule has 24 heavy (non-hydrogen) atoms. The number of rotatable bonds is 3. The Bertz CT molecular complexity index is 936. The number of methoxy groups -OCH3 is 3. The molecule has 1 aliphatic rings. The second-order valence-electron chi connectivity index (χ2n) is 5.55. The smallest absolute Gasteiger partial charge is 0.162 e. The quantitative estimate of drug-likeness (QED) is 0.733. The van der Waals surface area contributed by atoms with E-state index >= 15 is 0 Å². The van der Waals surface area contributed by atoms with Gasteiger partial charge in [0.1, 0.15) is 18.1 Å². The van der Waals surface area contributed by atoms with Crippen LogP contribution in [0.1, 0.15) is 5.56 Å². The molecule has 0 amide bonds. The fourth-order valence-electron chi connectivity index (χ4n) is 2.99. The molecule has 0 atom stereocenters. The van der Waals surface area contributed by atoms with E-state index in [1.807, 2.05) is 30.3 Å². The molecule has 4 rings (SSSR count). The number of ether oxygens (including phenoxy) is 4. The van der Waals surface area contributed by atoms with Crippen molar-refractivity contribution in [3.63, 3.8) is 0 Å². The van der Waals surface area contributed by atoms with Gasteiger partial charge in [0.05, 0.1) is 32.5 Å². The third-order valence-corrected chi connectivity index (χ3v) is 4.22. The average molecular weight is 323 g/mol. The molecule has 1 aliphatic heterocycles. The van der Waals surface area contributed by atoms with Crippen molar-refractivity contribution in [1.82, 2.24) is 4.98 Å². The van der Waals surface area contributed by atoms with Gasteiger partial charge in [0.15, 0.2) is 11.5 Å². The Morgan fingerprint density at radius 3 is 2.46 bits per heavy atom. The van der Waals surface area contributed by atoms with Crippen LogP contribution in [-0.4, -0.2) is 26.3 Å². The Balaban J connectivity index is 1.95. The number of nitrogens with zero attached hydrogens (tertiary/aromatic N) is 1. The molecule has 0 N–H and O–H groups in total. The summed E-state index contributed by atoms with van der Waals surface area (Å²) in [6.07, 6.45) is 0. The van der Waals surface area contributed by atoms with E-state index in [-0.39, 0.29) is 0 Å². The third-order valence-electron chi connectivity index (χ3n) is 4.22. The summed E-state index contributed by atoms with van der Waals surface area (Å²) >= 11 is 0. The molecule has 122 valence electrons. The summed E-state index contributed by atoms with van der Waals surface area (Å²) in [6, 6.07) is 11.7. The molecular weight excluding hydrogens is 306 g/mol. The first kappa shape index (κ1) is 14.6. The molecule has 0 fully saturated rings. The van der Waals surface area contributed by atoms with Crippen LogP contribution in [-0.2, 0) is 6.61 Å². The number of pyridine rings is 1. The van der Waals surface area contributed by atoms with Gasteiger partial charge in [0.2, 0.25) is 0 Å². The zero-order valence-electron chi connectivity index (χ0n) is 13.8. The van der Waals surface area contributed by atoms with Crippen molar-refractivity contribution in [3.8, 4) is 34.3 Å². The molecule has 2 heterocycles. The second kappa shape index (κ2) is 5.60. The van der Waals surface area contributed by atoms with Crippen molar-refractivity contribution in [2.45, 2.75) is 6.61 Å². The zero-order chi connectivity index (χ0) is 16.7. The molecule has 0 bridgehead atoms. The summed E-state index contributed by atoms with van der Waals surface area (Å²) in [5.74, 6) is 2.94. The van der Waals surface area contributed by atoms with Crippen molar-refractivity contribution in [2.75, 3.05) is 21.3 Å². The summed E-state index contributed by atoms with van der Waals surface area (Å²) in [6.45, 7) is 0.492. The lowest BCUT2D eigenvalue weighted by atomic mass is 10.00. The van der Waals surface area contributed by atoms with E-state index in [0.29, 0.717) is 18.1 Å². The van der Waals surface area contributed by atoms with Crippen molar-refractivity contribution in [2.24, 2.45) is 0 Å². The van der Waals surface area contributed by atoms with Gasteiger partial charge in [0.25, 0.3) is 0 Å². The van der Waals surface area contributed by atoms with Crippen LogP contribution in [0.5, 0.6) is 23.0 Å². The van der Waals surface area contributed by atoms with Gasteiger partial charge in [-0.3, -0.25) is 0 Å². The van der Waals surface area contributed by atoms with Crippen molar-refractivity contribution >= 4 is 10.9 Å². The van der Waals surface area contributed by atoms with E-state index in [1.54, 1.807) is 21.3 Å². The maximum Gasteiger partial charge on any atom is 0.162 e. The minimum Gasteiger partial charge on any atom is -0.497 e. The van der Waals surface area contributed by atoms with E-state index in [9.17, 15) is 0 Å². The first-order valence-corrected chi connectivity index (χ1v) is 7.60. The zero-order valence-corrected chi connectivity index (χ0v) is 13.8. The normalized spacial score (nSPS) is 12.1. The maximum absolute atomic E-state index is 5.85. The Kier molecular flexibility index (Phi) is 3.41. The molecular formula is C19H17NO4. The largest absolute Gasteiger partial charge is 0.497 e. The van der Waals surface area contributed by atoms with Crippen LogP contribution < -0.4 is 18.9 Å². The summed E-state index contributed by atoms with van der Waals surface area (Å²) in [5.41, 5.74) is 3.74. The van der Waals surface area contributed by atoms with Crippen LogP contribution in [0.3, 0.4) is 0 Å². The fraction of sp³-hybridized carbons (Fsp3) is 0.211. The lowest BCUT2D eigenvalue weighted by Crippen LogP contribution is -2.07. The molecule has 0 spiro atoms. The number of benzene rings is 2. The molecule has 3 aromatic rings. The highest BCUT2D eigenvalue weighted by Gasteiger charge is 2.21. The highest BCUT2D eigenvalue weighted by atomic mass is 16.5. The fourth-order valence-corrected chi connectivity index (χ4v) is 2.99. The standard InChI is InChI=1S/C19H17NO4/c1-21-13-4-5-16-14(8-13)19-12(10-24-16)6-11-7-17(22-2)18(23-3)9-15(11)20-19/h4-9H,10H2,1-3H3. The van der Waals surface area contributed by atoms with Gasteiger partial charge in [-0.25, -0.2) is 4.98 Å². The monoisotopic (exact) mass is 323 g/mol. The SMILES string of the molecule is COc1ccc2c(c1)-c1nc3cc(OC)c(OC)cc3cc1CO2. The van der Waals surface area contributed by atoms with E-state index in [0.717, 1.165) is 39.2 Å². The number of aromatic nitrogens is 1. The Morgan fingerprint density at radius 1 is 0.917 bits per heavy atom. The predicted octanol–water partition coefficient (Wildman–Crippen LogP) is 3.82. The van der Waals surface area contributed by atoms with Crippen molar-refractivity contribution < 1.29 is 18.9 Å². The molecule has 1 aromatic heterocycles. The Hall–Kier alpha value is -2.95. The Morgan fingerprint density at radius 2 is 1.71 bits per heavy atom. The van der Waals surface area contributed by atoms with Crippen LogP contribution in [0.15, 0.2) is 36.4 Å². The lowest BCUT2D eigenvalue weighted by molar-refractivity contribution is 0.301. The molecule has 0 unspecified atom stereocenters. The van der Waals surface area contributed by atoms with Gasteiger partial charge in [-0.2, -0.15) is 0 Å². The Labute approximate surface area is 139 Å². The summed E-state index contributed by atoms with van der Waals surface area (Å²) in [5, 5.41) is 0.987. The number of hydrogen-bond acceptors (Lipinski definition) is 5. The summed E-state index contributed by atoms with van der Waals surface area (Å²) in [7, 11) is 4.90. The van der Waals surface area contributed by atoms with Gasteiger partial charge < -0.3 is 18.9 Å². The first-order valence-electron chi connectivity index (χ1n) is 7.60. The highest BCUT2D eigenvalue weighted by Crippen LogP contribution is 2.41. The van der Waals surface area contributed by atoms with Crippen LogP contribution in [0.25, 0.3) is 22.2 Å². The molecule has 0 saturated carbocycles. The van der Waals surface area contributed by atoms with Gasteiger partial charge in [-0.15, -0.1) is 0 Å². The van der Waals surface area contributed by atoms with Crippen LogP contribution >= 0.6 is 0 Å². The minimum absolute atomic E-state index is 0.492. The molecule has 2 aromatic carbocycles. The number of hydrogen-bond donors (Lipinski definition) is 0. The minimum atomic E-state index is 0.492. The van der Waals surface area contributed by atoms with Crippen molar-refractivity contribution in [1.29, 1.82) is 0 Å². The number of fused-ring (bicyclic) bond motifs is 4. The molecule has 0 saturated heterocycles. The molecule has 5 heteroatoms. The lowest BCUT2D eigenvalue weighted by Gasteiger charge is -2.21. The third kappa shape index (κ3) is 2.21. The van der Waals surface area contributed by atoms with E-state index in [1.165, 1.54) is 0 Å². The van der Waals surface area contributed by atoms with Crippen LogP contribution in [0.2, 0.25) is 0 Å². The van der Waals surface area contributed by atoms with Crippen LogP contribution in [0.4, 0.5) is 0 Å². The van der Waals surface area contributed by atoms with Gasteiger partial charge in [-0.1, -0.05) is 0 Å². The maximum atomic E-state index is 5.85. The van der Waals surface area contributed by atoms with Gasteiger partial charge in [0, 0.05) is 22.6 Å². The van der Waals surface area contributed by atoms with Crippen molar-refractivity contribution in [3.05, 3.63) is 42.0 Å². The summed E-state index contributed by atoms with van der Waals surface area (Å²) in [4.78, 5) is 4.85. The summed E-state index contributed by atoms with van der Waals surface area (Å²) < 4.78 is 21.9. The van der Waals surface area contributed by atoms with Crippen LogP contribution in [0, 0.1) is 0 Å². The topological polar surface area (TPSA) is 49.8 Å². The molecule has 0 aliphatic carbocycles. The van der Waals surface area contributed by atoms with E-state index in [2.05, 4.69) is 6.07 Å². The average Bonchev–Trinajstić information content (AvgIpc) is 2.64. The van der Waals surface area contributed by atoms with Gasteiger partial charge in [-0.05, 0) is 30.3 Å². The first-order chi connectivity index (χ1) is 11.7. The molecule has 0 radical (unpaired) electrons. The second-order valence-corrected chi connectivity index (χ2v) is 5.55. The molecule has 5 nitrogen and oxygen atoms in total. The highest BCUT2D eigenvalue weighted by molar-refractivity contribution is 5.88. The van der Waals surface area contributed by atoms with E-state index in [4.69, 9.17) is 23.9 Å². The van der Waals surface area contributed by atoms with Gasteiger partial charge >= 0.3 is 0 Å². The predicted molar refractivity (Wildman–Crippen MR) is 91.2 cm³/mol. The van der Waals surface area contributed by atoms with E-state index < -0.39 is 0 Å².